The quantitative estimate of drug-likeness (QED) is 0.486. The molecule has 1 fully saturated rings. The van der Waals surface area contributed by atoms with E-state index in [1.807, 2.05) is 30.3 Å². The third-order valence-corrected chi connectivity index (χ3v) is 4.41. The SMILES string of the molecule is O=C(COc1cccc([N+](=O)[O-])c1)OC1(c2ccccc2)CCNCC1. The lowest BCUT2D eigenvalue weighted by Gasteiger charge is -2.37. The zero-order valence-electron chi connectivity index (χ0n) is 14.2. The standard InChI is InChI=1S/C19H20N2O5/c22-18(14-25-17-8-4-7-16(13-17)21(23)24)26-19(9-11-20-12-10-19)15-5-2-1-3-6-15/h1-8,13,20H,9-12,14H2. The number of piperidine rings is 1. The van der Waals surface area contributed by atoms with Crippen LogP contribution in [0.5, 0.6) is 5.75 Å². The van der Waals surface area contributed by atoms with Crippen molar-refractivity contribution in [1.29, 1.82) is 0 Å². The summed E-state index contributed by atoms with van der Waals surface area (Å²) in [5.74, 6) is -0.238. The third-order valence-electron chi connectivity index (χ3n) is 4.41. The number of esters is 1. The van der Waals surface area contributed by atoms with Crippen LogP contribution >= 0.6 is 0 Å². The Morgan fingerprint density at radius 1 is 1.12 bits per heavy atom. The Kier molecular flexibility index (Phi) is 5.48. The number of nitrogens with zero attached hydrogens (tertiary/aromatic N) is 1. The molecule has 1 saturated heterocycles. The van der Waals surface area contributed by atoms with Crippen molar-refractivity contribution in [3.63, 3.8) is 0 Å². The van der Waals surface area contributed by atoms with Crippen LogP contribution < -0.4 is 10.1 Å². The molecule has 0 amide bonds. The maximum atomic E-state index is 12.4. The van der Waals surface area contributed by atoms with Crippen molar-refractivity contribution >= 4 is 11.7 Å². The first-order valence-corrected chi connectivity index (χ1v) is 8.44. The van der Waals surface area contributed by atoms with Gasteiger partial charge in [0.25, 0.3) is 5.69 Å². The van der Waals surface area contributed by atoms with Crippen LogP contribution in [0.2, 0.25) is 0 Å². The van der Waals surface area contributed by atoms with E-state index in [2.05, 4.69) is 5.32 Å². The number of benzene rings is 2. The first-order chi connectivity index (χ1) is 12.6. The van der Waals surface area contributed by atoms with Gasteiger partial charge in [-0.05, 0) is 24.7 Å². The Morgan fingerprint density at radius 2 is 1.85 bits per heavy atom. The molecule has 136 valence electrons. The molecule has 1 aliphatic heterocycles. The van der Waals surface area contributed by atoms with Gasteiger partial charge >= 0.3 is 5.97 Å². The summed E-state index contributed by atoms with van der Waals surface area (Å²) in [6.07, 6.45) is 1.36. The molecular formula is C19H20N2O5. The summed E-state index contributed by atoms with van der Waals surface area (Å²) in [6, 6.07) is 15.4. The minimum atomic E-state index is -0.671. The zero-order valence-corrected chi connectivity index (χ0v) is 14.2. The predicted octanol–water partition coefficient (Wildman–Crippen LogP) is 2.80. The number of non-ortho nitro benzene ring substituents is 1. The number of nitro groups is 1. The lowest BCUT2D eigenvalue weighted by Crippen LogP contribution is -2.43. The van der Waals surface area contributed by atoms with Gasteiger partial charge in [-0.2, -0.15) is 0 Å². The van der Waals surface area contributed by atoms with Crippen molar-refractivity contribution in [2.75, 3.05) is 19.7 Å². The van der Waals surface area contributed by atoms with Gasteiger partial charge in [-0.15, -0.1) is 0 Å². The second kappa shape index (κ2) is 7.97. The van der Waals surface area contributed by atoms with E-state index in [1.165, 1.54) is 18.2 Å². The molecule has 0 bridgehead atoms. The molecule has 0 spiro atoms. The average molecular weight is 356 g/mol. The van der Waals surface area contributed by atoms with Crippen LogP contribution in [0, 0.1) is 10.1 Å². The number of rotatable bonds is 6. The topological polar surface area (TPSA) is 90.7 Å². The highest BCUT2D eigenvalue weighted by atomic mass is 16.6. The molecule has 3 rings (SSSR count). The van der Waals surface area contributed by atoms with E-state index < -0.39 is 16.5 Å². The van der Waals surface area contributed by atoms with Crippen molar-refractivity contribution in [2.45, 2.75) is 18.4 Å². The van der Waals surface area contributed by atoms with E-state index in [0.717, 1.165) is 18.7 Å². The summed E-state index contributed by atoms with van der Waals surface area (Å²) in [5.41, 5.74) is 0.204. The van der Waals surface area contributed by atoms with Crippen LogP contribution in [0.3, 0.4) is 0 Å². The number of nitro benzene ring substituents is 1. The van der Waals surface area contributed by atoms with Gasteiger partial charge in [0.1, 0.15) is 11.4 Å². The van der Waals surface area contributed by atoms with Gasteiger partial charge in [0.05, 0.1) is 11.0 Å². The Bertz CT molecular complexity index is 773. The largest absolute Gasteiger partial charge is 0.482 e. The summed E-state index contributed by atoms with van der Waals surface area (Å²) in [4.78, 5) is 22.7. The van der Waals surface area contributed by atoms with Crippen LogP contribution in [0.1, 0.15) is 18.4 Å². The number of nitrogens with one attached hydrogen (secondary N) is 1. The Hall–Kier alpha value is -2.93. The molecule has 1 N–H and O–H groups in total. The normalized spacial score (nSPS) is 15.8. The fourth-order valence-corrected chi connectivity index (χ4v) is 3.10. The van der Waals surface area contributed by atoms with Crippen LogP contribution in [0.4, 0.5) is 5.69 Å². The summed E-state index contributed by atoms with van der Waals surface area (Å²) in [6.45, 7) is 1.21. The molecule has 26 heavy (non-hydrogen) atoms. The van der Waals surface area contributed by atoms with Gasteiger partial charge in [0.15, 0.2) is 6.61 Å². The molecule has 7 nitrogen and oxygen atoms in total. The van der Waals surface area contributed by atoms with E-state index in [-0.39, 0.29) is 18.0 Å². The van der Waals surface area contributed by atoms with Gasteiger partial charge in [0, 0.05) is 18.9 Å². The molecule has 0 aliphatic carbocycles. The van der Waals surface area contributed by atoms with Crippen LogP contribution in [0.25, 0.3) is 0 Å². The molecule has 1 aliphatic rings. The minimum Gasteiger partial charge on any atom is -0.482 e. The van der Waals surface area contributed by atoms with Gasteiger partial charge in [0.2, 0.25) is 0 Å². The summed E-state index contributed by atoms with van der Waals surface area (Å²) in [5, 5.41) is 14.1. The van der Waals surface area contributed by atoms with Crippen molar-refractivity contribution in [3.8, 4) is 5.75 Å². The zero-order chi connectivity index (χ0) is 18.4. The first kappa shape index (κ1) is 17.9. The predicted molar refractivity (Wildman–Crippen MR) is 94.9 cm³/mol. The lowest BCUT2D eigenvalue weighted by atomic mass is 9.85. The van der Waals surface area contributed by atoms with Crippen LogP contribution in [0.15, 0.2) is 54.6 Å². The van der Waals surface area contributed by atoms with Gasteiger partial charge in [-0.25, -0.2) is 4.79 Å². The number of hydrogen-bond acceptors (Lipinski definition) is 6. The number of carbonyl (C=O) groups is 1. The number of carbonyl (C=O) groups excluding carboxylic acids is 1. The molecular weight excluding hydrogens is 336 g/mol. The van der Waals surface area contributed by atoms with E-state index >= 15 is 0 Å². The highest BCUT2D eigenvalue weighted by Gasteiger charge is 2.37. The number of ether oxygens (including phenoxy) is 2. The van der Waals surface area contributed by atoms with Crippen LogP contribution in [-0.4, -0.2) is 30.6 Å². The van der Waals surface area contributed by atoms with Crippen molar-refractivity contribution in [2.24, 2.45) is 0 Å². The molecule has 2 aromatic rings. The summed E-state index contributed by atoms with van der Waals surface area (Å²) >= 11 is 0. The molecule has 7 heteroatoms. The molecule has 0 saturated carbocycles. The highest BCUT2D eigenvalue weighted by molar-refractivity contribution is 5.72. The maximum absolute atomic E-state index is 12.4. The summed E-state index contributed by atoms with van der Waals surface area (Å²) < 4.78 is 11.2. The van der Waals surface area contributed by atoms with Crippen molar-refractivity contribution < 1.29 is 19.2 Å². The van der Waals surface area contributed by atoms with Gasteiger partial charge < -0.3 is 14.8 Å². The Morgan fingerprint density at radius 3 is 2.54 bits per heavy atom. The fraction of sp³-hybridized carbons (Fsp3) is 0.316. The van der Waals surface area contributed by atoms with Crippen LogP contribution in [-0.2, 0) is 15.1 Å². The second-order valence-corrected chi connectivity index (χ2v) is 6.13. The lowest BCUT2D eigenvalue weighted by molar-refractivity contribution is -0.384. The van der Waals surface area contributed by atoms with Gasteiger partial charge in [-0.1, -0.05) is 36.4 Å². The number of hydrogen-bond donors (Lipinski definition) is 1. The Balaban J connectivity index is 1.67. The van der Waals surface area contributed by atoms with E-state index in [1.54, 1.807) is 6.07 Å². The van der Waals surface area contributed by atoms with Crippen molar-refractivity contribution in [1.82, 2.24) is 5.32 Å². The molecule has 1 heterocycles. The van der Waals surface area contributed by atoms with Gasteiger partial charge in [-0.3, -0.25) is 10.1 Å². The smallest absolute Gasteiger partial charge is 0.345 e. The highest BCUT2D eigenvalue weighted by Crippen LogP contribution is 2.35. The maximum Gasteiger partial charge on any atom is 0.345 e. The monoisotopic (exact) mass is 356 g/mol. The molecule has 0 atom stereocenters. The fourth-order valence-electron chi connectivity index (χ4n) is 3.10. The third kappa shape index (κ3) is 4.18. The van der Waals surface area contributed by atoms with E-state index in [0.29, 0.717) is 12.8 Å². The minimum absolute atomic E-state index is 0.0880. The molecule has 0 unspecified atom stereocenters. The molecule has 2 aromatic carbocycles. The second-order valence-electron chi connectivity index (χ2n) is 6.13. The van der Waals surface area contributed by atoms with Crippen molar-refractivity contribution in [3.05, 3.63) is 70.3 Å². The molecule has 0 aromatic heterocycles. The average Bonchev–Trinajstić information content (AvgIpc) is 2.68. The van der Waals surface area contributed by atoms with E-state index in [9.17, 15) is 14.9 Å². The molecule has 0 radical (unpaired) electrons. The van der Waals surface area contributed by atoms with E-state index in [4.69, 9.17) is 9.47 Å². The summed E-state index contributed by atoms with van der Waals surface area (Å²) in [7, 11) is 0. The first-order valence-electron chi connectivity index (χ1n) is 8.44. The Labute approximate surface area is 151 Å².